The quantitative estimate of drug-likeness (QED) is 0.327. The van der Waals surface area contributed by atoms with Gasteiger partial charge < -0.3 is 30.2 Å². The van der Waals surface area contributed by atoms with E-state index in [-0.39, 0.29) is 30.6 Å². The Hall–Kier alpha value is -4.44. The first-order valence-electron chi connectivity index (χ1n) is 11.5. The second-order valence-electron chi connectivity index (χ2n) is 8.43. The van der Waals surface area contributed by atoms with Gasteiger partial charge in [0.2, 0.25) is 11.8 Å². The monoisotopic (exact) mass is 487 g/mol. The molecular weight excluding hydrogens is 462 g/mol. The Morgan fingerprint density at radius 3 is 2.86 bits per heavy atom. The number of amides is 2. The molecule has 4 aromatic rings. The zero-order valence-electron chi connectivity index (χ0n) is 19.6. The highest BCUT2D eigenvalue weighted by Crippen LogP contribution is 2.35. The molecule has 2 amide bonds. The zero-order chi connectivity index (χ0) is 25.2. The van der Waals surface area contributed by atoms with Crippen molar-refractivity contribution in [2.45, 2.75) is 12.5 Å². The van der Waals surface area contributed by atoms with Crippen LogP contribution in [0.4, 0.5) is 0 Å². The van der Waals surface area contributed by atoms with Crippen LogP contribution >= 0.6 is 0 Å². The number of benzene rings is 2. The molecule has 0 radical (unpaired) electrons. The minimum Gasteiger partial charge on any atom is -0.507 e. The molecule has 0 aliphatic carbocycles. The Labute approximate surface area is 206 Å². The summed E-state index contributed by atoms with van der Waals surface area (Å²) >= 11 is 0. The molecule has 0 bridgehead atoms. The summed E-state index contributed by atoms with van der Waals surface area (Å²) in [4.78, 5) is 39.0. The predicted octanol–water partition coefficient (Wildman–Crippen LogP) is 2.33. The molecule has 3 heterocycles. The van der Waals surface area contributed by atoms with Crippen molar-refractivity contribution in [1.29, 1.82) is 0 Å². The van der Waals surface area contributed by atoms with E-state index in [1.54, 1.807) is 55.8 Å². The van der Waals surface area contributed by atoms with Gasteiger partial charge in [-0.05, 0) is 54.4 Å². The second kappa shape index (κ2) is 9.67. The number of carbonyl (C=O) groups is 2. The second-order valence-corrected chi connectivity index (χ2v) is 8.43. The van der Waals surface area contributed by atoms with Crippen LogP contribution in [0.2, 0.25) is 0 Å². The Kier molecular flexibility index (Phi) is 6.26. The van der Waals surface area contributed by atoms with Crippen molar-refractivity contribution in [2.75, 3.05) is 26.8 Å². The van der Waals surface area contributed by atoms with Crippen LogP contribution < -0.4 is 10.1 Å². The molecule has 1 unspecified atom stereocenters. The first-order chi connectivity index (χ1) is 17.5. The first kappa shape index (κ1) is 23.3. The van der Waals surface area contributed by atoms with Crippen LogP contribution in [0.1, 0.15) is 16.8 Å². The number of hydrogen-bond donors (Lipinski definition) is 4. The van der Waals surface area contributed by atoms with E-state index >= 15 is 0 Å². The molecule has 2 aromatic heterocycles. The molecule has 1 atom stereocenters. The maximum Gasteiger partial charge on any atom is 0.254 e. The Bertz CT molecular complexity index is 1450. The summed E-state index contributed by atoms with van der Waals surface area (Å²) in [6.07, 6.45) is 1.81. The number of hydrogen-bond acceptors (Lipinski definition) is 7. The number of aliphatic hydroxyl groups is 1. The average Bonchev–Trinajstić information content (AvgIpc) is 3.33. The van der Waals surface area contributed by atoms with Crippen LogP contribution in [-0.4, -0.2) is 74.7 Å². The van der Waals surface area contributed by atoms with Gasteiger partial charge in [0.1, 0.15) is 17.6 Å². The molecule has 1 saturated heterocycles. The molecule has 184 valence electrons. The van der Waals surface area contributed by atoms with Crippen LogP contribution in [0, 0.1) is 0 Å². The van der Waals surface area contributed by atoms with Crippen LogP contribution in [0.3, 0.4) is 0 Å². The third kappa shape index (κ3) is 4.22. The number of fused-ring (bicyclic) bond motifs is 1. The number of carbonyl (C=O) groups excluding carboxylic acids is 2. The van der Waals surface area contributed by atoms with Crippen molar-refractivity contribution >= 4 is 22.8 Å². The van der Waals surface area contributed by atoms with E-state index in [0.717, 1.165) is 11.1 Å². The van der Waals surface area contributed by atoms with E-state index in [1.165, 1.54) is 4.90 Å². The standard InChI is InChI=1S/C26H25N5O5/c1-36-25-17(3-2-9-28-25)15-5-7-22(33)18(13-15)23-29-19-6-4-16(14-20(19)30-23)26(35)31-11-10-27-24(34)21(31)8-12-32/h2-7,9,13-14,21,32-33H,8,10-12H2,1H3,(H,27,34)(H,29,30). The Morgan fingerprint density at radius 2 is 2.06 bits per heavy atom. The summed E-state index contributed by atoms with van der Waals surface area (Å²) < 4.78 is 5.37. The molecule has 1 aliphatic heterocycles. The molecule has 5 rings (SSSR count). The Morgan fingerprint density at radius 1 is 1.19 bits per heavy atom. The number of rotatable bonds is 6. The van der Waals surface area contributed by atoms with Crippen molar-refractivity contribution in [3.63, 3.8) is 0 Å². The number of phenols is 1. The lowest BCUT2D eigenvalue weighted by Crippen LogP contribution is -2.57. The summed E-state index contributed by atoms with van der Waals surface area (Å²) in [5, 5.41) is 22.7. The number of aliphatic hydroxyl groups excluding tert-OH is 1. The highest BCUT2D eigenvalue weighted by Gasteiger charge is 2.33. The summed E-state index contributed by atoms with van der Waals surface area (Å²) in [6.45, 7) is 0.526. The summed E-state index contributed by atoms with van der Waals surface area (Å²) in [5.74, 6) is 0.382. The maximum atomic E-state index is 13.2. The molecule has 1 fully saturated rings. The van der Waals surface area contributed by atoms with E-state index < -0.39 is 6.04 Å². The molecular formula is C26H25N5O5. The lowest BCUT2D eigenvalue weighted by molar-refractivity contribution is -0.128. The molecule has 10 heteroatoms. The van der Waals surface area contributed by atoms with E-state index in [1.807, 2.05) is 6.07 Å². The van der Waals surface area contributed by atoms with Gasteiger partial charge in [-0.25, -0.2) is 9.97 Å². The third-order valence-electron chi connectivity index (χ3n) is 6.25. The zero-order valence-corrected chi connectivity index (χ0v) is 19.6. The van der Waals surface area contributed by atoms with Crippen molar-refractivity contribution in [2.24, 2.45) is 0 Å². The number of nitrogens with one attached hydrogen (secondary N) is 2. The number of piperazine rings is 1. The average molecular weight is 488 g/mol. The van der Waals surface area contributed by atoms with Gasteiger partial charge in [-0.3, -0.25) is 9.59 Å². The number of pyridine rings is 1. The van der Waals surface area contributed by atoms with Gasteiger partial charge in [0.25, 0.3) is 5.91 Å². The number of H-pyrrole nitrogens is 1. The van der Waals surface area contributed by atoms with Crippen LogP contribution in [0.25, 0.3) is 33.5 Å². The largest absolute Gasteiger partial charge is 0.507 e. The van der Waals surface area contributed by atoms with E-state index in [2.05, 4.69) is 20.3 Å². The number of aromatic nitrogens is 3. The number of aromatic amines is 1. The van der Waals surface area contributed by atoms with Gasteiger partial charge >= 0.3 is 0 Å². The molecule has 2 aromatic carbocycles. The summed E-state index contributed by atoms with van der Waals surface area (Å²) in [6, 6.07) is 13.2. The van der Waals surface area contributed by atoms with E-state index in [4.69, 9.17) is 4.74 Å². The number of nitrogens with zero attached hydrogens (tertiary/aromatic N) is 3. The minimum absolute atomic E-state index is 0.0446. The molecule has 0 saturated carbocycles. The SMILES string of the molecule is COc1ncccc1-c1ccc(O)c(-c2nc3ccc(C(=O)N4CCNC(=O)C4CCO)cc3[nH]2)c1. The predicted molar refractivity (Wildman–Crippen MR) is 133 cm³/mol. The molecule has 1 aliphatic rings. The van der Waals surface area contributed by atoms with Crippen LogP contribution in [0.5, 0.6) is 11.6 Å². The smallest absolute Gasteiger partial charge is 0.254 e. The topological polar surface area (TPSA) is 141 Å². The van der Waals surface area contributed by atoms with Gasteiger partial charge in [-0.1, -0.05) is 6.07 Å². The normalized spacial score (nSPS) is 15.7. The van der Waals surface area contributed by atoms with Crippen molar-refractivity contribution in [3.8, 4) is 34.1 Å². The number of ether oxygens (including phenoxy) is 1. The highest BCUT2D eigenvalue weighted by atomic mass is 16.5. The number of imidazole rings is 1. The highest BCUT2D eigenvalue weighted by molar-refractivity contribution is 6.00. The minimum atomic E-state index is -0.714. The fraction of sp³-hybridized carbons (Fsp3) is 0.231. The van der Waals surface area contributed by atoms with Gasteiger partial charge in [0.15, 0.2) is 0 Å². The maximum absolute atomic E-state index is 13.2. The number of methoxy groups -OCH3 is 1. The van der Waals surface area contributed by atoms with E-state index in [9.17, 15) is 19.8 Å². The van der Waals surface area contributed by atoms with Gasteiger partial charge in [0.05, 0.1) is 23.7 Å². The molecule has 4 N–H and O–H groups in total. The molecule has 36 heavy (non-hydrogen) atoms. The molecule has 0 spiro atoms. The van der Waals surface area contributed by atoms with Gasteiger partial charge in [-0.15, -0.1) is 0 Å². The first-order valence-corrected chi connectivity index (χ1v) is 11.5. The van der Waals surface area contributed by atoms with Crippen LogP contribution in [-0.2, 0) is 4.79 Å². The van der Waals surface area contributed by atoms with Gasteiger partial charge in [0, 0.05) is 37.0 Å². The van der Waals surface area contributed by atoms with Crippen LogP contribution in [0.15, 0.2) is 54.7 Å². The van der Waals surface area contributed by atoms with E-state index in [0.29, 0.717) is 47.0 Å². The summed E-state index contributed by atoms with van der Waals surface area (Å²) in [5.41, 5.74) is 3.68. The third-order valence-corrected chi connectivity index (χ3v) is 6.25. The lowest BCUT2D eigenvalue weighted by atomic mass is 10.0. The molecule has 10 nitrogen and oxygen atoms in total. The number of phenolic OH excluding ortho intramolecular Hbond substituents is 1. The van der Waals surface area contributed by atoms with Gasteiger partial charge in [-0.2, -0.15) is 0 Å². The summed E-state index contributed by atoms with van der Waals surface area (Å²) in [7, 11) is 1.55. The number of aromatic hydroxyl groups is 1. The van der Waals surface area contributed by atoms with Crippen molar-refractivity contribution < 1.29 is 24.5 Å². The fourth-order valence-electron chi connectivity index (χ4n) is 4.47. The fourth-order valence-corrected chi connectivity index (χ4v) is 4.47. The van der Waals surface area contributed by atoms with Crippen molar-refractivity contribution in [1.82, 2.24) is 25.2 Å². The lowest BCUT2D eigenvalue weighted by Gasteiger charge is -2.34. The van der Waals surface area contributed by atoms with Crippen molar-refractivity contribution in [3.05, 3.63) is 60.3 Å². The Balaban J connectivity index is 1.49.